The first kappa shape index (κ1) is 7.79. The predicted molar refractivity (Wildman–Crippen MR) is 47.4 cm³/mol. The Labute approximate surface area is 75.3 Å². The summed E-state index contributed by atoms with van der Waals surface area (Å²) in [5, 5.41) is 9.78. The number of aromatic nitrogens is 3. The van der Waals surface area contributed by atoms with Crippen LogP contribution >= 0.6 is 11.8 Å². The highest BCUT2D eigenvalue weighted by molar-refractivity contribution is 7.99. The Bertz CT molecular complexity index is 353. The molecule has 2 heterocycles. The Morgan fingerprint density at radius 2 is 2.25 bits per heavy atom. The van der Waals surface area contributed by atoms with Crippen molar-refractivity contribution in [3.8, 4) is 0 Å². The Morgan fingerprint density at radius 3 is 3.00 bits per heavy atom. The van der Waals surface area contributed by atoms with Crippen LogP contribution < -0.4 is 4.68 Å². The fourth-order valence-corrected chi connectivity index (χ4v) is 2.13. The first-order chi connectivity index (χ1) is 5.68. The van der Waals surface area contributed by atoms with Crippen molar-refractivity contribution in [2.75, 3.05) is 5.75 Å². The zero-order valence-electron chi connectivity index (χ0n) is 7.40. The van der Waals surface area contributed by atoms with Crippen molar-refractivity contribution < 1.29 is 4.68 Å². The molecule has 1 aromatic rings. The second-order valence-corrected chi connectivity index (χ2v) is 3.83. The monoisotopic (exact) mass is 183 g/mol. The van der Waals surface area contributed by atoms with Gasteiger partial charge in [-0.2, -0.15) is 0 Å². The van der Waals surface area contributed by atoms with Crippen molar-refractivity contribution in [3.05, 3.63) is 5.82 Å². The normalized spacial score (nSPS) is 15.8. The molecule has 5 heteroatoms. The van der Waals surface area contributed by atoms with E-state index in [0.717, 1.165) is 22.4 Å². The van der Waals surface area contributed by atoms with E-state index in [1.807, 2.05) is 30.3 Å². The van der Waals surface area contributed by atoms with E-state index in [1.54, 1.807) is 11.8 Å². The molecule has 0 fully saturated rings. The topological polar surface area (TPSA) is 34.1 Å². The quantitative estimate of drug-likeness (QED) is 0.544. The molecule has 0 amide bonds. The highest BCUT2D eigenvalue weighted by Crippen LogP contribution is 2.16. The largest absolute Gasteiger partial charge is 0.320 e. The van der Waals surface area contributed by atoms with Crippen LogP contribution in [0.25, 0.3) is 0 Å². The molecule has 0 bridgehead atoms. The zero-order chi connectivity index (χ0) is 8.72. The third-order valence-corrected chi connectivity index (χ3v) is 3.00. The molecule has 1 aliphatic heterocycles. The van der Waals surface area contributed by atoms with Crippen molar-refractivity contribution in [1.82, 2.24) is 9.78 Å². The fraction of sp³-hybridized carbons (Fsp3) is 0.571. The van der Waals surface area contributed by atoms with Crippen molar-refractivity contribution in [2.24, 2.45) is 12.1 Å². The van der Waals surface area contributed by atoms with Gasteiger partial charge in [0.25, 0.3) is 5.82 Å². The molecule has 0 radical (unpaired) electrons. The molecule has 12 heavy (non-hydrogen) atoms. The molecule has 0 saturated heterocycles. The molecule has 0 N–H and O–H groups in total. The lowest BCUT2D eigenvalue weighted by atomic mass is 10.5. The number of fused-ring (bicyclic) bond motifs is 1. The van der Waals surface area contributed by atoms with E-state index < -0.39 is 0 Å². The van der Waals surface area contributed by atoms with E-state index in [2.05, 4.69) is 10.2 Å². The number of aryl methyl sites for hydroxylation is 2. The number of nitrogens with zero attached hydrogens (tertiary/aromatic N) is 4. The van der Waals surface area contributed by atoms with Crippen LogP contribution in [-0.2, 0) is 7.05 Å². The maximum absolute atomic E-state index is 4.40. The molecule has 0 spiro atoms. The van der Waals surface area contributed by atoms with Crippen LogP contribution in [0.2, 0.25) is 0 Å². The van der Waals surface area contributed by atoms with Crippen LogP contribution in [-0.4, -0.2) is 21.2 Å². The minimum absolute atomic E-state index is 0.944. The van der Waals surface area contributed by atoms with Gasteiger partial charge in [0.2, 0.25) is 0 Å². The second kappa shape index (κ2) is 2.58. The molecule has 2 rings (SSSR count). The van der Waals surface area contributed by atoms with E-state index in [0.29, 0.717) is 0 Å². The average molecular weight is 183 g/mol. The van der Waals surface area contributed by atoms with Crippen molar-refractivity contribution in [3.63, 3.8) is 0 Å². The van der Waals surface area contributed by atoms with E-state index in [9.17, 15) is 0 Å². The van der Waals surface area contributed by atoms with Gasteiger partial charge in [0.1, 0.15) is 0 Å². The standard InChI is InChI=1S/C7H11N4S/c1-5-4-12-7-10(3)9-6(2)11(7)8-5/h4H2,1-3H3/q+1. The Hall–Kier alpha value is -0.840. The maximum atomic E-state index is 4.40. The summed E-state index contributed by atoms with van der Waals surface area (Å²) in [5.74, 6) is 1.91. The minimum atomic E-state index is 0.944. The fourth-order valence-electron chi connectivity index (χ4n) is 1.22. The first-order valence-corrected chi connectivity index (χ1v) is 4.80. The van der Waals surface area contributed by atoms with Gasteiger partial charge in [-0.15, -0.1) is 9.78 Å². The highest BCUT2D eigenvalue weighted by Gasteiger charge is 2.24. The molecule has 0 aromatic carbocycles. The van der Waals surface area contributed by atoms with Gasteiger partial charge in [0.15, 0.2) is 0 Å². The van der Waals surface area contributed by atoms with Gasteiger partial charge in [-0.25, -0.2) is 0 Å². The number of thioether (sulfide) groups is 1. The number of hydrogen-bond donors (Lipinski definition) is 0. The average Bonchev–Trinajstić information content (AvgIpc) is 2.28. The molecule has 0 atom stereocenters. The summed E-state index contributed by atoms with van der Waals surface area (Å²) in [6.45, 7) is 4.00. The Kier molecular flexibility index (Phi) is 1.68. The van der Waals surface area contributed by atoms with Crippen LogP contribution in [0, 0.1) is 6.92 Å². The summed E-state index contributed by atoms with van der Waals surface area (Å²) in [7, 11) is 1.95. The molecule has 4 nitrogen and oxygen atoms in total. The molecule has 0 aliphatic carbocycles. The molecule has 0 unspecified atom stereocenters. The Morgan fingerprint density at radius 1 is 1.50 bits per heavy atom. The van der Waals surface area contributed by atoms with Crippen LogP contribution in [0.5, 0.6) is 0 Å². The minimum Gasteiger partial charge on any atom is -0.113 e. The van der Waals surface area contributed by atoms with Crippen LogP contribution in [0.15, 0.2) is 10.3 Å². The SMILES string of the molecule is CC1=N[n+]2c(C)nn(C)c2SC1. The lowest BCUT2D eigenvalue weighted by Crippen LogP contribution is -2.36. The lowest BCUT2D eigenvalue weighted by Gasteiger charge is -2.04. The Balaban J connectivity index is 2.61. The third-order valence-electron chi connectivity index (χ3n) is 1.74. The molecule has 0 saturated carbocycles. The number of rotatable bonds is 0. The summed E-state index contributed by atoms with van der Waals surface area (Å²) in [6.07, 6.45) is 0. The van der Waals surface area contributed by atoms with Crippen LogP contribution in [0.3, 0.4) is 0 Å². The van der Waals surface area contributed by atoms with E-state index >= 15 is 0 Å². The number of hydrogen-bond acceptors (Lipinski definition) is 3. The van der Waals surface area contributed by atoms with E-state index in [4.69, 9.17) is 0 Å². The molecular weight excluding hydrogens is 172 g/mol. The summed E-state index contributed by atoms with van der Waals surface area (Å²) >= 11 is 1.78. The molecule has 1 aliphatic rings. The summed E-state index contributed by atoms with van der Waals surface area (Å²) in [6, 6.07) is 0. The predicted octanol–water partition coefficient (Wildman–Crippen LogP) is 0.346. The molecular formula is C7H11N4S+. The van der Waals surface area contributed by atoms with Crippen molar-refractivity contribution >= 4 is 17.5 Å². The van der Waals surface area contributed by atoms with Gasteiger partial charge in [-0.1, -0.05) is 4.68 Å². The molecule has 64 valence electrons. The second-order valence-electron chi connectivity index (χ2n) is 2.89. The van der Waals surface area contributed by atoms with E-state index in [-0.39, 0.29) is 0 Å². The van der Waals surface area contributed by atoms with Crippen LogP contribution in [0.4, 0.5) is 0 Å². The van der Waals surface area contributed by atoms with Gasteiger partial charge in [0, 0.05) is 17.8 Å². The van der Waals surface area contributed by atoms with Gasteiger partial charge in [-0.05, 0) is 18.7 Å². The lowest BCUT2D eigenvalue weighted by molar-refractivity contribution is -0.723. The highest BCUT2D eigenvalue weighted by atomic mass is 32.2. The molecule has 1 aromatic heterocycles. The van der Waals surface area contributed by atoms with Crippen LogP contribution in [0.1, 0.15) is 12.7 Å². The van der Waals surface area contributed by atoms with Crippen molar-refractivity contribution in [1.29, 1.82) is 0 Å². The zero-order valence-corrected chi connectivity index (χ0v) is 8.22. The summed E-state index contributed by atoms with van der Waals surface area (Å²) < 4.78 is 3.76. The van der Waals surface area contributed by atoms with Gasteiger partial charge < -0.3 is 0 Å². The summed E-state index contributed by atoms with van der Waals surface area (Å²) in [5.41, 5.74) is 1.15. The first-order valence-electron chi connectivity index (χ1n) is 3.81. The summed E-state index contributed by atoms with van der Waals surface area (Å²) in [4.78, 5) is 0. The maximum Gasteiger partial charge on any atom is 0.320 e. The van der Waals surface area contributed by atoms with Crippen molar-refractivity contribution in [2.45, 2.75) is 19.0 Å². The van der Waals surface area contributed by atoms with Gasteiger partial charge in [-0.3, -0.25) is 0 Å². The van der Waals surface area contributed by atoms with E-state index in [1.165, 1.54) is 0 Å². The van der Waals surface area contributed by atoms with Gasteiger partial charge >= 0.3 is 5.16 Å². The van der Waals surface area contributed by atoms with Gasteiger partial charge in [0.05, 0.1) is 12.8 Å². The third kappa shape index (κ3) is 1.04. The smallest absolute Gasteiger partial charge is 0.113 e.